The normalized spacial score (nSPS) is 12.2. The van der Waals surface area contributed by atoms with E-state index in [4.69, 9.17) is 0 Å². The Balaban J connectivity index is 1.98. The van der Waals surface area contributed by atoms with Gasteiger partial charge in [0.2, 0.25) is 21.8 Å². The average molecular weight is 528 g/mol. The fourth-order valence-electron chi connectivity index (χ4n) is 4.23. The summed E-state index contributed by atoms with van der Waals surface area (Å²) in [7, 11) is -3.85. The summed E-state index contributed by atoms with van der Waals surface area (Å²) in [5.41, 5.74) is 1.02. The van der Waals surface area contributed by atoms with Crippen LogP contribution in [0.15, 0.2) is 66.7 Å². The molecule has 0 unspecified atom stereocenters. The fourth-order valence-corrected chi connectivity index (χ4v) is 5.09. The van der Waals surface area contributed by atoms with Crippen molar-refractivity contribution in [3.63, 3.8) is 0 Å². The van der Waals surface area contributed by atoms with Crippen molar-refractivity contribution in [2.75, 3.05) is 23.7 Å². The van der Waals surface area contributed by atoms with Gasteiger partial charge >= 0.3 is 0 Å². The van der Waals surface area contributed by atoms with Gasteiger partial charge in [0.05, 0.1) is 11.9 Å². The molecule has 0 spiro atoms. The molecule has 1 N–H and O–H groups in total. The van der Waals surface area contributed by atoms with Crippen molar-refractivity contribution in [1.29, 1.82) is 0 Å². The lowest BCUT2D eigenvalue weighted by Crippen LogP contribution is -2.52. The Labute approximate surface area is 218 Å². The molecule has 0 radical (unpaired) electrons. The van der Waals surface area contributed by atoms with Gasteiger partial charge in [-0.05, 0) is 42.0 Å². The Bertz CT molecular complexity index is 1320. The minimum atomic E-state index is -3.85. The summed E-state index contributed by atoms with van der Waals surface area (Å²) in [5.74, 6) is -1.24. The predicted octanol–water partition coefficient (Wildman–Crippen LogP) is 4.47. The number of carbonyl (C=O) groups excluding carboxylic acids is 2. The lowest BCUT2D eigenvalue weighted by Gasteiger charge is -2.33. The number of amides is 2. The standard InChI is InChI=1S/C28H34FN3O4S/c1-4-6-18-30-28(34)25(5-2)31(19-21-14-16-23(29)17-15-21)27(33)20-32(37(3,35)36)26-13-9-11-22-10-7-8-12-24(22)26/h7-17,25H,4-6,18-20H2,1-3H3,(H,30,34)/t25-/m1/s1. The molecule has 0 heterocycles. The van der Waals surface area contributed by atoms with Crippen molar-refractivity contribution >= 4 is 38.3 Å². The third kappa shape index (κ3) is 7.29. The van der Waals surface area contributed by atoms with E-state index in [2.05, 4.69) is 5.32 Å². The van der Waals surface area contributed by atoms with Crippen LogP contribution in [0.4, 0.5) is 10.1 Å². The molecule has 0 aliphatic carbocycles. The predicted molar refractivity (Wildman–Crippen MR) is 145 cm³/mol. The molecule has 0 aliphatic rings. The number of halogens is 1. The molecular formula is C28H34FN3O4S. The van der Waals surface area contributed by atoms with Crippen molar-refractivity contribution < 1.29 is 22.4 Å². The van der Waals surface area contributed by atoms with Crippen LogP contribution in [-0.4, -0.2) is 50.5 Å². The van der Waals surface area contributed by atoms with E-state index in [0.717, 1.165) is 28.8 Å². The van der Waals surface area contributed by atoms with E-state index in [1.165, 1.54) is 17.0 Å². The number of hydrogen-bond donors (Lipinski definition) is 1. The van der Waals surface area contributed by atoms with Gasteiger partial charge < -0.3 is 10.2 Å². The monoisotopic (exact) mass is 527 g/mol. The van der Waals surface area contributed by atoms with Gasteiger partial charge in [-0.3, -0.25) is 13.9 Å². The number of rotatable bonds is 12. The van der Waals surface area contributed by atoms with Crippen molar-refractivity contribution in [1.82, 2.24) is 10.2 Å². The molecule has 0 bridgehead atoms. The van der Waals surface area contributed by atoms with E-state index in [1.807, 2.05) is 31.2 Å². The van der Waals surface area contributed by atoms with Crippen LogP contribution in [0, 0.1) is 5.82 Å². The van der Waals surface area contributed by atoms with E-state index in [-0.39, 0.29) is 12.5 Å². The summed E-state index contributed by atoms with van der Waals surface area (Å²) in [4.78, 5) is 28.2. The highest BCUT2D eigenvalue weighted by Crippen LogP contribution is 2.28. The van der Waals surface area contributed by atoms with Crippen LogP contribution in [0.5, 0.6) is 0 Å². The van der Waals surface area contributed by atoms with Crippen molar-refractivity contribution in [2.45, 2.75) is 45.7 Å². The molecule has 0 aliphatic heterocycles. The van der Waals surface area contributed by atoms with Crippen LogP contribution >= 0.6 is 0 Å². The van der Waals surface area contributed by atoms with Gasteiger partial charge in [0.1, 0.15) is 18.4 Å². The van der Waals surface area contributed by atoms with Crippen LogP contribution in [-0.2, 0) is 26.2 Å². The van der Waals surface area contributed by atoms with Gasteiger partial charge in [-0.15, -0.1) is 0 Å². The second-order valence-corrected chi connectivity index (χ2v) is 10.9. The second-order valence-electron chi connectivity index (χ2n) is 8.98. The van der Waals surface area contributed by atoms with E-state index < -0.39 is 34.3 Å². The molecule has 7 nitrogen and oxygen atoms in total. The lowest BCUT2D eigenvalue weighted by molar-refractivity contribution is -0.140. The number of nitrogens with zero attached hydrogens (tertiary/aromatic N) is 2. The summed E-state index contributed by atoms with van der Waals surface area (Å²) >= 11 is 0. The van der Waals surface area contributed by atoms with Crippen LogP contribution in [0.1, 0.15) is 38.7 Å². The maximum absolute atomic E-state index is 13.8. The molecule has 3 aromatic carbocycles. The zero-order chi connectivity index (χ0) is 27.0. The first-order chi connectivity index (χ1) is 17.7. The van der Waals surface area contributed by atoms with Crippen LogP contribution in [0.2, 0.25) is 0 Å². The van der Waals surface area contributed by atoms with Crippen LogP contribution in [0.3, 0.4) is 0 Å². The highest BCUT2D eigenvalue weighted by molar-refractivity contribution is 7.92. The Morgan fingerprint density at radius 3 is 2.30 bits per heavy atom. The molecule has 3 aromatic rings. The number of carbonyl (C=O) groups is 2. The summed E-state index contributed by atoms with van der Waals surface area (Å²) in [6.45, 7) is 3.85. The zero-order valence-corrected chi connectivity index (χ0v) is 22.3. The van der Waals surface area contributed by atoms with Gasteiger partial charge in [-0.25, -0.2) is 12.8 Å². The highest BCUT2D eigenvalue weighted by Gasteiger charge is 2.32. The summed E-state index contributed by atoms with van der Waals surface area (Å²) in [5, 5.41) is 4.41. The van der Waals surface area contributed by atoms with E-state index in [1.54, 1.807) is 37.3 Å². The van der Waals surface area contributed by atoms with E-state index >= 15 is 0 Å². The Hall–Kier alpha value is -3.46. The van der Waals surface area contributed by atoms with Crippen LogP contribution in [0.25, 0.3) is 10.8 Å². The SMILES string of the molecule is CCCCNC(=O)[C@@H](CC)N(Cc1ccc(F)cc1)C(=O)CN(c1cccc2ccccc12)S(C)(=O)=O. The van der Waals surface area contributed by atoms with Crippen molar-refractivity contribution in [2.24, 2.45) is 0 Å². The van der Waals surface area contributed by atoms with Gasteiger partial charge in [0.15, 0.2) is 0 Å². The molecule has 0 saturated carbocycles. The number of nitrogens with one attached hydrogen (secondary N) is 1. The maximum atomic E-state index is 13.8. The molecular weight excluding hydrogens is 493 g/mol. The lowest BCUT2D eigenvalue weighted by atomic mass is 10.1. The Kier molecular flexibility index (Phi) is 9.63. The second kappa shape index (κ2) is 12.7. The molecule has 3 rings (SSSR count). The molecule has 0 aromatic heterocycles. The number of benzene rings is 3. The van der Waals surface area contributed by atoms with Gasteiger partial charge in [0.25, 0.3) is 0 Å². The Morgan fingerprint density at radius 2 is 1.65 bits per heavy atom. The molecule has 2 amide bonds. The average Bonchev–Trinajstić information content (AvgIpc) is 2.87. The largest absolute Gasteiger partial charge is 0.354 e. The van der Waals surface area contributed by atoms with Gasteiger partial charge in [-0.1, -0.05) is 68.8 Å². The first-order valence-corrected chi connectivity index (χ1v) is 14.3. The van der Waals surface area contributed by atoms with Gasteiger partial charge in [-0.2, -0.15) is 0 Å². The van der Waals surface area contributed by atoms with Crippen LogP contribution < -0.4 is 9.62 Å². The number of anilines is 1. The van der Waals surface area contributed by atoms with E-state index in [9.17, 15) is 22.4 Å². The first kappa shape index (κ1) is 28.1. The van der Waals surface area contributed by atoms with Crippen molar-refractivity contribution in [3.05, 3.63) is 78.1 Å². The third-order valence-corrected chi connectivity index (χ3v) is 7.32. The molecule has 0 saturated heterocycles. The summed E-state index contributed by atoms with van der Waals surface area (Å²) in [6.07, 6.45) is 3.10. The molecule has 0 fully saturated rings. The van der Waals surface area contributed by atoms with Gasteiger partial charge in [0, 0.05) is 18.5 Å². The summed E-state index contributed by atoms with van der Waals surface area (Å²) < 4.78 is 40.4. The highest BCUT2D eigenvalue weighted by atomic mass is 32.2. The molecule has 37 heavy (non-hydrogen) atoms. The number of hydrogen-bond acceptors (Lipinski definition) is 4. The minimum Gasteiger partial charge on any atom is -0.354 e. The number of unbranched alkanes of at least 4 members (excludes halogenated alkanes) is 1. The first-order valence-electron chi connectivity index (χ1n) is 12.4. The maximum Gasteiger partial charge on any atom is 0.244 e. The van der Waals surface area contributed by atoms with E-state index in [0.29, 0.717) is 29.6 Å². The summed E-state index contributed by atoms with van der Waals surface area (Å²) in [6, 6.07) is 17.5. The molecule has 198 valence electrons. The topological polar surface area (TPSA) is 86.8 Å². The zero-order valence-electron chi connectivity index (χ0n) is 21.5. The minimum absolute atomic E-state index is 0.0337. The molecule has 9 heteroatoms. The fraction of sp³-hybridized carbons (Fsp3) is 0.357. The Morgan fingerprint density at radius 1 is 0.973 bits per heavy atom. The third-order valence-electron chi connectivity index (χ3n) is 6.20. The number of sulfonamides is 1. The quantitative estimate of drug-likeness (QED) is 0.352. The number of fused-ring (bicyclic) bond motifs is 1. The smallest absolute Gasteiger partial charge is 0.244 e. The molecule has 1 atom stereocenters. The van der Waals surface area contributed by atoms with Crippen molar-refractivity contribution in [3.8, 4) is 0 Å².